The van der Waals surface area contributed by atoms with Crippen LogP contribution in [-0.4, -0.2) is 66.8 Å². The van der Waals surface area contributed by atoms with Gasteiger partial charge in [0, 0.05) is 26.2 Å². The number of carbonyl (C=O) groups excluding carboxylic acids is 1. The van der Waals surface area contributed by atoms with Crippen LogP contribution in [-0.2, 0) is 0 Å². The number of hydrogen-bond acceptors (Lipinski definition) is 3. The van der Waals surface area contributed by atoms with Gasteiger partial charge >= 0.3 is 6.03 Å². The Kier molecular flexibility index (Phi) is 6.77. The number of aliphatic hydroxyl groups is 1. The molecule has 2 N–H and O–H groups in total. The number of amides is 2. The molecule has 0 radical (unpaired) electrons. The fraction of sp³-hybridized carbons (Fsp3) is 0.938. The summed E-state index contributed by atoms with van der Waals surface area (Å²) >= 11 is 0. The summed E-state index contributed by atoms with van der Waals surface area (Å²) in [5.41, 5.74) is 0. The van der Waals surface area contributed by atoms with E-state index < -0.39 is 0 Å². The zero-order chi connectivity index (χ0) is 15.1. The molecule has 2 amide bonds. The first-order chi connectivity index (χ1) is 10.2. The molecule has 122 valence electrons. The van der Waals surface area contributed by atoms with E-state index in [9.17, 15) is 9.90 Å². The lowest BCUT2D eigenvalue weighted by molar-refractivity contribution is 0.127. The molecule has 0 aliphatic carbocycles. The van der Waals surface area contributed by atoms with Gasteiger partial charge in [-0.15, -0.1) is 0 Å². The smallest absolute Gasteiger partial charge is 0.317 e. The van der Waals surface area contributed by atoms with Crippen LogP contribution in [0.1, 0.15) is 39.0 Å². The predicted octanol–water partition coefficient (Wildman–Crippen LogP) is 1.52. The van der Waals surface area contributed by atoms with Crippen LogP contribution < -0.4 is 5.32 Å². The quantitative estimate of drug-likeness (QED) is 0.809. The first-order valence-corrected chi connectivity index (χ1v) is 8.59. The zero-order valence-corrected chi connectivity index (χ0v) is 13.4. The van der Waals surface area contributed by atoms with Gasteiger partial charge < -0.3 is 20.2 Å². The predicted molar refractivity (Wildman–Crippen MR) is 84.2 cm³/mol. The third-order valence-corrected chi connectivity index (χ3v) is 4.85. The van der Waals surface area contributed by atoms with Crippen LogP contribution in [0.15, 0.2) is 0 Å². The molecule has 1 atom stereocenters. The zero-order valence-electron chi connectivity index (χ0n) is 13.4. The molecular weight excluding hydrogens is 266 g/mol. The molecule has 0 aromatic rings. The Morgan fingerprint density at radius 2 is 1.95 bits per heavy atom. The lowest BCUT2D eigenvalue weighted by atomic mass is 9.96. The average Bonchev–Trinajstić information content (AvgIpc) is 2.54. The van der Waals surface area contributed by atoms with E-state index >= 15 is 0 Å². The van der Waals surface area contributed by atoms with Gasteiger partial charge in [0.05, 0.1) is 0 Å². The highest BCUT2D eigenvalue weighted by molar-refractivity contribution is 5.74. The number of urea groups is 1. The Balaban J connectivity index is 1.65. The summed E-state index contributed by atoms with van der Waals surface area (Å²) in [4.78, 5) is 16.6. The summed E-state index contributed by atoms with van der Waals surface area (Å²) < 4.78 is 0. The highest BCUT2D eigenvalue weighted by atomic mass is 16.3. The molecule has 2 fully saturated rings. The maximum Gasteiger partial charge on any atom is 0.317 e. The van der Waals surface area contributed by atoms with Gasteiger partial charge in [-0.25, -0.2) is 4.79 Å². The highest BCUT2D eigenvalue weighted by Gasteiger charge is 2.24. The van der Waals surface area contributed by atoms with E-state index in [1.54, 1.807) is 0 Å². The van der Waals surface area contributed by atoms with Crippen molar-refractivity contribution in [1.82, 2.24) is 15.1 Å². The lowest BCUT2D eigenvalue weighted by Gasteiger charge is -2.34. The van der Waals surface area contributed by atoms with Gasteiger partial charge in [0.15, 0.2) is 0 Å². The van der Waals surface area contributed by atoms with Crippen molar-refractivity contribution in [3.8, 4) is 0 Å². The lowest BCUT2D eigenvalue weighted by Crippen LogP contribution is -2.48. The normalized spacial score (nSPS) is 25.0. The van der Waals surface area contributed by atoms with Gasteiger partial charge in [0.25, 0.3) is 0 Å². The second kappa shape index (κ2) is 8.59. The van der Waals surface area contributed by atoms with E-state index in [1.165, 1.54) is 38.9 Å². The van der Waals surface area contributed by atoms with Crippen LogP contribution in [0.25, 0.3) is 0 Å². The molecule has 2 heterocycles. The molecule has 2 aliphatic heterocycles. The SMILES string of the molecule is CCCN1CCC(CNC(=O)N2CCCC(CO)C2)CC1. The summed E-state index contributed by atoms with van der Waals surface area (Å²) in [6, 6.07) is 0.0594. The standard InChI is InChI=1S/C16H31N3O2/c1-2-7-18-9-5-14(6-10-18)11-17-16(21)19-8-3-4-15(12-19)13-20/h14-15,20H,2-13H2,1H3,(H,17,21). The van der Waals surface area contributed by atoms with E-state index in [-0.39, 0.29) is 18.6 Å². The summed E-state index contributed by atoms with van der Waals surface area (Å²) in [6.07, 6.45) is 5.66. The Morgan fingerprint density at radius 3 is 2.62 bits per heavy atom. The first kappa shape index (κ1) is 16.6. The van der Waals surface area contributed by atoms with Gasteiger partial charge in [-0.1, -0.05) is 6.92 Å². The minimum atomic E-state index is 0.0594. The second-order valence-electron chi connectivity index (χ2n) is 6.61. The van der Waals surface area contributed by atoms with E-state index in [4.69, 9.17) is 0 Å². The molecule has 2 aliphatic rings. The van der Waals surface area contributed by atoms with Gasteiger partial charge in [0.1, 0.15) is 0 Å². The van der Waals surface area contributed by atoms with Crippen molar-refractivity contribution < 1.29 is 9.90 Å². The maximum atomic E-state index is 12.2. The van der Waals surface area contributed by atoms with Crippen molar-refractivity contribution in [3.05, 3.63) is 0 Å². The van der Waals surface area contributed by atoms with Gasteiger partial charge in [-0.05, 0) is 63.6 Å². The highest BCUT2D eigenvalue weighted by Crippen LogP contribution is 2.18. The van der Waals surface area contributed by atoms with Crippen molar-refractivity contribution >= 4 is 6.03 Å². The number of aliphatic hydroxyl groups excluding tert-OH is 1. The Bertz CT molecular complexity index is 317. The maximum absolute atomic E-state index is 12.2. The van der Waals surface area contributed by atoms with E-state index in [0.717, 1.165) is 25.9 Å². The molecule has 0 aromatic carbocycles. The van der Waals surface area contributed by atoms with Crippen LogP contribution >= 0.6 is 0 Å². The third-order valence-electron chi connectivity index (χ3n) is 4.85. The van der Waals surface area contributed by atoms with Crippen LogP contribution in [0.3, 0.4) is 0 Å². The minimum absolute atomic E-state index is 0.0594. The molecule has 2 saturated heterocycles. The van der Waals surface area contributed by atoms with Crippen LogP contribution in [0.5, 0.6) is 0 Å². The summed E-state index contributed by atoms with van der Waals surface area (Å²) in [5, 5.41) is 12.3. The van der Waals surface area contributed by atoms with Crippen molar-refractivity contribution in [3.63, 3.8) is 0 Å². The number of carbonyl (C=O) groups is 1. The molecule has 0 saturated carbocycles. The number of rotatable bonds is 5. The molecule has 1 unspecified atom stereocenters. The van der Waals surface area contributed by atoms with Crippen molar-refractivity contribution in [2.24, 2.45) is 11.8 Å². The van der Waals surface area contributed by atoms with Gasteiger partial charge in [-0.2, -0.15) is 0 Å². The number of nitrogens with zero attached hydrogens (tertiary/aromatic N) is 2. The van der Waals surface area contributed by atoms with E-state index in [2.05, 4.69) is 17.1 Å². The van der Waals surface area contributed by atoms with Crippen molar-refractivity contribution in [1.29, 1.82) is 0 Å². The molecule has 5 nitrogen and oxygen atoms in total. The van der Waals surface area contributed by atoms with Gasteiger partial charge in [0.2, 0.25) is 0 Å². The summed E-state index contributed by atoms with van der Waals surface area (Å²) in [5.74, 6) is 0.891. The molecule has 21 heavy (non-hydrogen) atoms. The fourth-order valence-corrected chi connectivity index (χ4v) is 3.47. The summed E-state index contributed by atoms with van der Waals surface area (Å²) in [6.45, 7) is 8.31. The third kappa shape index (κ3) is 5.15. The van der Waals surface area contributed by atoms with E-state index in [1.807, 2.05) is 4.90 Å². The number of likely N-dealkylation sites (tertiary alicyclic amines) is 2. The molecule has 5 heteroatoms. The van der Waals surface area contributed by atoms with Crippen LogP contribution in [0, 0.1) is 11.8 Å². The number of hydrogen-bond donors (Lipinski definition) is 2. The fourth-order valence-electron chi connectivity index (χ4n) is 3.47. The van der Waals surface area contributed by atoms with Crippen LogP contribution in [0.4, 0.5) is 4.79 Å². The van der Waals surface area contributed by atoms with Gasteiger partial charge in [-0.3, -0.25) is 0 Å². The Labute approximate surface area is 128 Å². The monoisotopic (exact) mass is 297 g/mol. The van der Waals surface area contributed by atoms with Crippen molar-refractivity contribution in [2.75, 3.05) is 45.9 Å². The molecule has 0 aromatic heterocycles. The topological polar surface area (TPSA) is 55.8 Å². The molecule has 0 spiro atoms. The average molecular weight is 297 g/mol. The first-order valence-electron chi connectivity index (χ1n) is 8.59. The number of piperidine rings is 2. The molecule has 2 rings (SSSR count). The Hall–Kier alpha value is -0.810. The molecular formula is C16H31N3O2. The second-order valence-corrected chi connectivity index (χ2v) is 6.61. The minimum Gasteiger partial charge on any atom is -0.396 e. The summed E-state index contributed by atoms with van der Waals surface area (Å²) in [7, 11) is 0. The van der Waals surface area contributed by atoms with Crippen molar-refractivity contribution in [2.45, 2.75) is 39.0 Å². The van der Waals surface area contributed by atoms with E-state index in [0.29, 0.717) is 12.5 Å². The largest absolute Gasteiger partial charge is 0.396 e. The Morgan fingerprint density at radius 1 is 1.19 bits per heavy atom. The van der Waals surface area contributed by atoms with Crippen LogP contribution in [0.2, 0.25) is 0 Å². The molecule has 0 bridgehead atoms. The number of nitrogens with one attached hydrogen (secondary N) is 1.